The van der Waals surface area contributed by atoms with Crippen molar-refractivity contribution in [1.82, 2.24) is 5.32 Å². The van der Waals surface area contributed by atoms with E-state index in [0.29, 0.717) is 22.7 Å². The van der Waals surface area contributed by atoms with E-state index in [2.05, 4.69) is 12.2 Å². The minimum atomic E-state index is -0.0628. The minimum Gasteiger partial charge on any atom is -0.350 e. The van der Waals surface area contributed by atoms with Gasteiger partial charge in [-0.2, -0.15) is 0 Å². The van der Waals surface area contributed by atoms with Crippen molar-refractivity contribution in [1.29, 1.82) is 0 Å². The van der Waals surface area contributed by atoms with Crippen LogP contribution in [-0.4, -0.2) is 24.4 Å². The number of rotatable bonds is 5. The van der Waals surface area contributed by atoms with Crippen molar-refractivity contribution in [3.63, 3.8) is 0 Å². The van der Waals surface area contributed by atoms with E-state index in [1.807, 2.05) is 19.1 Å². The average molecular weight is 385 g/mol. The third-order valence-corrected chi connectivity index (χ3v) is 5.11. The fourth-order valence-corrected chi connectivity index (χ4v) is 3.73. The predicted octanol–water partition coefficient (Wildman–Crippen LogP) is 4.85. The molecule has 0 bridgehead atoms. The van der Waals surface area contributed by atoms with Crippen molar-refractivity contribution in [2.24, 2.45) is 0 Å². The number of nitrogens with one attached hydrogen (secondary N) is 1. The summed E-state index contributed by atoms with van der Waals surface area (Å²) in [5.41, 5.74) is 3.14. The number of benzene rings is 2. The maximum Gasteiger partial charge on any atom is 0.258 e. The molecule has 2 aromatic carbocycles. The van der Waals surface area contributed by atoms with Crippen molar-refractivity contribution in [3.8, 4) is 0 Å². The summed E-state index contributed by atoms with van der Waals surface area (Å²) in [6, 6.07) is 12.8. The summed E-state index contributed by atoms with van der Waals surface area (Å²) in [5, 5.41) is 3.58. The topological polar surface area (TPSA) is 49.4 Å². The molecule has 0 aromatic heterocycles. The standard InChI is InChI=1S/C22H25ClN2O2/c1-3-6-15(2)24-21(26)17-10-11-20-16(13-17)8-5-12-25(20)22(27)18-7-4-9-19(23)14-18/h4,7,9-11,13-15H,3,5-6,8,12H2,1-2H3,(H,24,26). The van der Waals surface area contributed by atoms with Gasteiger partial charge < -0.3 is 10.2 Å². The van der Waals surface area contributed by atoms with Gasteiger partial charge in [0.1, 0.15) is 0 Å². The summed E-state index contributed by atoms with van der Waals surface area (Å²) in [7, 11) is 0. The van der Waals surface area contributed by atoms with Crippen LogP contribution in [0.4, 0.5) is 5.69 Å². The highest BCUT2D eigenvalue weighted by Crippen LogP contribution is 2.30. The average Bonchev–Trinajstić information content (AvgIpc) is 2.66. The van der Waals surface area contributed by atoms with E-state index >= 15 is 0 Å². The molecule has 0 fully saturated rings. The molecular weight excluding hydrogens is 360 g/mol. The summed E-state index contributed by atoms with van der Waals surface area (Å²) < 4.78 is 0. The van der Waals surface area contributed by atoms with E-state index < -0.39 is 0 Å². The highest BCUT2D eigenvalue weighted by molar-refractivity contribution is 6.31. The Balaban J connectivity index is 1.82. The van der Waals surface area contributed by atoms with Gasteiger partial charge in [0.05, 0.1) is 0 Å². The Kier molecular flexibility index (Phi) is 6.17. The molecule has 0 radical (unpaired) electrons. The largest absolute Gasteiger partial charge is 0.350 e. The van der Waals surface area contributed by atoms with Crippen LogP contribution >= 0.6 is 11.6 Å². The third-order valence-electron chi connectivity index (χ3n) is 4.88. The van der Waals surface area contributed by atoms with E-state index in [1.165, 1.54) is 0 Å². The third kappa shape index (κ3) is 4.51. The second-order valence-corrected chi connectivity index (χ2v) is 7.51. The SMILES string of the molecule is CCCC(C)NC(=O)c1ccc2c(c1)CCCN2C(=O)c1cccc(Cl)c1. The number of hydrogen-bond acceptors (Lipinski definition) is 2. The number of nitrogens with zero attached hydrogens (tertiary/aromatic N) is 1. The van der Waals surface area contributed by atoms with E-state index in [4.69, 9.17) is 11.6 Å². The Morgan fingerprint density at radius 3 is 2.74 bits per heavy atom. The molecule has 1 unspecified atom stereocenters. The van der Waals surface area contributed by atoms with Crippen LogP contribution in [0.15, 0.2) is 42.5 Å². The highest BCUT2D eigenvalue weighted by Gasteiger charge is 2.24. The molecule has 5 heteroatoms. The molecule has 4 nitrogen and oxygen atoms in total. The lowest BCUT2D eigenvalue weighted by atomic mass is 9.98. The van der Waals surface area contributed by atoms with Crippen molar-refractivity contribution in [2.45, 2.75) is 45.6 Å². The normalized spacial score (nSPS) is 14.4. The van der Waals surface area contributed by atoms with Gasteiger partial charge in [0.2, 0.25) is 0 Å². The maximum absolute atomic E-state index is 12.9. The lowest BCUT2D eigenvalue weighted by Crippen LogP contribution is -2.36. The Hall–Kier alpha value is -2.33. The zero-order valence-corrected chi connectivity index (χ0v) is 16.6. The number of aryl methyl sites for hydroxylation is 1. The lowest BCUT2D eigenvalue weighted by molar-refractivity contribution is 0.0937. The Morgan fingerprint density at radius 2 is 2.00 bits per heavy atom. The van der Waals surface area contributed by atoms with Gasteiger partial charge in [-0.1, -0.05) is 31.0 Å². The van der Waals surface area contributed by atoms with Crippen LogP contribution in [0.25, 0.3) is 0 Å². The van der Waals surface area contributed by atoms with Gasteiger partial charge in [-0.05, 0) is 68.1 Å². The fraction of sp³-hybridized carbons (Fsp3) is 0.364. The van der Waals surface area contributed by atoms with Crippen molar-refractivity contribution >= 4 is 29.1 Å². The van der Waals surface area contributed by atoms with Crippen molar-refractivity contribution in [3.05, 3.63) is 64.2 Å². The van der Waals surface area contributed by atoms with Gasteiger partial charge in [0.25, 0.3) is 11.8 Å². The number of carbonyl (C=O) groups excluding carboxylic acids is 2. The first-order valence-corrected chi connectivity index (χ1v) is 9.88. The second-order valence-electron chi connectivity index (χ2n) is 7.08. The molecule has 2 aromatic rings. The molecule has 1 aliphatic rings. The fourth-order valence-electron chi connectivity index (χ4n) is 3.54. The molecule has 1 N–H and O–H groups in total. The number of hydrogen-bond donors (Lipinski definition) is 1. The van der Waals surface area contributed by atoms with Crippen LogP contribution in [-0.2, 0) is 6.42 Å². The number of fused-ring (bicyclic) bond motifs is 1. The summed E-state index contributed by atoms with van der Waals surface area (Å²) >= 11 is 6.03. The van der Waals surface area contributed by atoms with Gasteiger partial charge in [-0.15, -0.1) is 0 Å². The van der Waals surface area contributed by atoms with Gasteiger partial charge in [0.15, 0.2) is 0 Å². The minimum absolute atomic E-state index is 0.0583. The Morgan fingerprint density at radius 1 is 1.19 bits per heavy atom. The molecule has 1 aliphatic heterocycles. The zero-order valence-electron chi connectivity index (χ0n) is 15.8. The molecule has 1 atom stereocenters. The summed E-state index contributed by atoms with van der Waals surface area (Å²) in [6.45, 7) is 4.79. The molecule has 0 saturated heterocycles. The van der Waals surface area contributed by atoms with Gasteiger partial charge >= 0.3 is 0 Å². The lowest BCUT2D eigenvalue weighted by Gasteiger charge is -2.30. The molecule has 0 saturated carbocycles. The number of amides is 2. The second kappa shape index (κ2) is 8.57. The van der Waals surface area contributed by atoms with Crippen LogP contribution in [0.2, 0.25) is 5.02 Å². The molecule has 142 valence electrons. The zero-order chi connectivity index (χ0) is 19.4. The molecule has 2 amide bonds. The first-order valence-electron chi connectivity index (χ1n) is 9.51. The van der Waals surface area contributed by atoms with Gasteiger partial charge in [0, 0.05) is 34.4 Å². The Labute approximate surface area is 165 Å². The smallest absolute Gasteiger partial charge is 0.258 e. The molecule has 0 spiro atoms. The van der Waals surface area contributed by atoms with Crippen LogP contribution in [0.5, 0.6) is 0 Å². The molecular formula is C22H25ClN2O2. The van der Waals surface area contributed by atoms with Crippen LogP contribution in [0.1, 0.15) is 59.4 Å². The van der Waals surface area contributed by atoms with Crippen molar-refractivity contribution < 1.29 is 9.59 Å². The molecule has 0 aliphatic carbocycles. The van der Waals surface area contributed by atoms with E-state index in [0.717, 1.165) is 36.9 Å². The first-order chi connectivity index (χ1) is 13.0. The van der Waals surface area contributed by atoms with E-state index in [-0.39, 0.29) is 17.9 Å². The van der Waals surface area contributed by atoms with E-state index in [9.17, 15) is 9.59 Å². The number of anilines is 1. The molecule has 27 heavy (non-hydrogen) atoms. The molecule has 3 rings (SSSR count). The number of halogens is 1. The van der Waals surface area contributed by atoms with Crippen LogP contribution < -0.4 is 10.2 Å². The van der Waals surface area contributed by atoms with Crippen LogP contribution in [0, 0.1) is 0 Å². The molecule has 1 heterocycles. The summed E-state index contributed by atoms with van der Waals surface area (Å²) in [6.07, 6.45) is 3.72. The maximum atomic E-state index is 12.9. The van der Waals surface area contributed by atoms with Crippen LogP contribution in [0.3, 0.4) is 0 Å². The van der Waals surface area contributed by atoms with E-state index in [1.54, 1.807) is 35.2 Å². The van der Waals surface area contributed by atoms with Gasteiger partial charge in [-0.25, -0.2) is 0 Å². The monoisotopic (exact) mass is 384 g/mol. The first kappa shape index (κ1) is 19.4. The van der Waals surface area contributed by atoms with Crippen molar-refractivity contribution in [2.75, 3.05) is 11.4 Å². The van der Waals surface area contributed by atoms with Gasteiger partial charge in [-0.3, -0.25) is 9.59 Å². The number of carbonyl (C=O) groups is 2. The Bertz CT molecular complexity index is 850. The summed E-state index contributed by atoms with van der Waals surface area (Å²) in [4.78, 5) is 27.2. The predicted molar refractivity (Wildman–Crippen MR) is 110 cm³/mol. The highest BCUT2D eigenvalue weighted by atomic mass is 35.5. The summed E-state index contributed by atoms with van der Waals surface area (Å²) in [5.74, 6) is -0.121. The quantitative estimate of drug-likeness (QED) is 0.800.